The summed E-state index contributed by atoms with van der Waals surface area (Å²) in [5.74, 6) is 0.0608. The van der Waals surface area contributed by atoms with Crippen molar-refractivity contribution in [2.24, 2.45) is 0 Å². The van der Waals surface area contributed by atoms with E-state index in [-0.39, 0.29) is 11.8 Å². The van der Waals surface area contributed by atoms with Gasteiger partial charge < -0.3 is 15.4 Å². The molecule has 0 atom stereocenters. The zero-order valence-electron chi connectivity index (χ0n) is 15.7. The smallest absolute Gasteiger partial charge is 0.257 e. The number of amides is 2. The molecule has 6 nitrogen and oxygen atoms in total. The monoisotopic (exact) mass is 375 g/mol. The van der Waals surface area contributed by atoms with E-state index in [2.05, 4.69) is 15.6 Å². The van der Waals surface area contributed by atoms with Gasteiger partial charge >= 0.3 is 0 Å². The SMILES string of the molecule is CCOc1ccc(NC(=O)c2cncc(C(=O)Nc3ccc(C)cc3)c2)cc1. The van der Waals surface area contributed by atoms with Gasteiger partial charge in [0.2, 0.25) is 0 Å². The van der Waals surface area contributed by atoms with Gasteiger partial charge in [-0.25, -0.2) is 0 Å². The van der Waals surface area contributed by atoms with E-state index in [0.717, 1.165) is 11.3 Å². The number of anilines is 2. The molecule has 2 N–H and O–H groups in total. The number of pyridine rings is 1. The van der Waals surface area contributed by atoms with Crippen LogP contribution in [-0.4, -0.2) is 23.4 Å². The number of carbonyl (C=O) groups excluding carboxylic acids is 2. The molecule has 1 heterocycles. The molecule has 0 fully saturated rings. The quantitative estimate of drug-likeness (QED) is 0.673. The molecule has 6 heteroatoms. The second-order valence-electron chi connectivity index (χ2n) is 6.19. The molecule has 0 saturated carbocycles. The summed E-state index contributed by atoms with van der Waals surface area (Å²) in [6, 6.07) is 16.1. The topological polar surface area (TPSA) is 80.3 Å². The number of nitrogens with zero attached hydrogens (tertiary/aromatic N) is 1. The molecule has 142 valence electrons. The number of benzene rings is 2. The summed E-state index contributed by atoms with van der Waals surface area (Å²) in [4.78, 5) is 28.9. The van der Waals surface area contributed by atoms with Gasteiger partial charge in [-0.05, 0) is 56.3 Å². The van der Waals surface area contributed by atoms with Crippen molar-refractivity contribution in [2.75, 3.05) is 17.2 Å². The Balaban J connectivity index is 1.68. The highest BCUT2D eigenvalue weighted by molar-refractivity contribution is 6.08. The van der Waals surface area contributed by atoms with Crippen LogP contribution in [0.15, 0.2) is 67.0 Å². The Labute approximate surface area is 163 Å². The fraction of sp³-hybridized carbons (Fsp3) is 0.136. The Morgan fingerprint density at radius 2 is 1.36 bits per heavy atom. The molecule has 28 heavy (non-hydrogen) atoms. The maximum absolute atomic E-state index is 12.5. The maximum Gasteiger partial charge on any atom is 0.257 e. The third kappa shape index (κ3) is 4.94. The lowest BCUT2D eigenvalue weighted by Crippen LogP contribution is -2.16. The summed E-state index contributed by atoms with van der Waals surface area (Å²) in [6.45, 7) is 4.46. The first-order valence-electron chi connectivity index (χ1n) is 8.92. The van der Waals surface area contributed by atoms with Gasteiger partial charge in [0.25, 0.3) is 11.8 Å². The Morgan fingerprint density at radius 3 is 1.86 bits per heavy atom. The number of hydrogen-bond acceptors (Lipinski definition) is 4. The van der Waals surface area contributed by atoms with E-state index in [1.54, 1.807) is 24.3 Å². The van der Waals surface area contributed by atoms with E-state index in [0.29, 0.717) is 29.1 Å². The van der Waals surface area contributed by atoms with Gasteiger partial charge in [-0.3, -0.25) is 14.6 Å². The predicted octanol–water partition coefficient (Wildman–Crippen LogP) is 4.29. The van der Waals surface area contributed by atoms with Crippen molar-refractivity contribution >= 4 is 23.2 Å². The van der Waals surface area contributed by atoms with Crippen LogP contribution in [0.25, 0.3) is 0 Å². The van der Waals surface area contributed by atoms with Gasteiger partial charge in [0.15, 0.2) is 0 Å². The van der Waals surface area contributed by atoms with Crippen molar-refractivity contribution in [3.8, 4) is 5.75 Å². The van der Waals surface area contributed by atoms with E-state index in [1.165, 1.54) is 18.5 Å². The lowest BCUT2D eigenvalue weighted by Gasteiger charge is -2.09. The van der Waals surface area contributed by atoms with E-state index < -0.39 is 0 Å². The van der Waals surface area contributed by atoms with Crippen LogP contribution in [0.3, 0.4) is 0 Å². The van der Waals surface area contributed by atoms with Gasteiger partial charge in [-0.2, -0.15) is 0 Å². The van der Waals surface area contributed by atoms with Crippen molar-refractivity contribution in [3.63, 3.8) is 0 Å². The Morgan fingerprint density at radius 1 is 0.857 bits per heavy atom. The van der Waals surface area contributed by atoms with E-state index in [4.69, 9.17) is 4.74 Å². The number of ether oxygens (including phenoxy) is 1. The van der Waals surface area contributed by atoms with E-state index >= 15 is 0 Å². The van der Waals surface area contributed by atoms with Crippen LogP contribution < -0.4 is 15.4 Å². The van der Waals surface area contributed by atoms with Gasteiger partial charge in [-0.15, -0.1) is 0 Å². The molecule has 0 aliphatic heterocycles. The molecule has 3 aromatic rings. The summed E-state index contributed by atoms with van der Waals surface area (Å²) in [5.41, 5.74) is 3.01. The lowest BCUT2D eigenvalue weighted by atomic mass is 10.1. The molecule has 0 bridgehead atoms. The van der Waals surface area contributed by atoms with Gasteiger partial charge in [0.05, 0.1) is 17.7 Å². The minimum absolute atomic E-state index is 0.297. The zero-order chi connectivity index (χ0) is 19.9. The van der Waals surface area contributed by atoms with Crippen LogP contribution in [0.5, 0.6) is 5.75 Å². The highest BCUT2D eigenvalue weighted by Gasteiger charge is 2.12. The highest BCUT2D eigenvalue weighted by atomic mass is 16.5. The molecular weight excluding hydrogens is 354 g/mol. The number of rotatable bonds is 6. The molecule has 2 aromatic carbocycles. The number of hydrogen-bond donors (Lipinski definition) is 2. The minimum atomic E-state index is -0.346. The van der Waals surface area contributed by atoms with Crippen molar-refractivity contribution in [3.05, 3.63) is 83.7 Å². The summed E-state index contributed by atoms with van der Waals surface area (Å²) in [7, 11) is 0. The molecule has 0 aliphatic carbocycles. The summed E-state index contributed by atoms with van der Waals surface area (Å²) >= 11 is 0. The van der Waals surface area contributed by atoms with Crippen LogP contribution in [0.2, 0.25) is 0 Å². The minimum Gasteiger partial charge on any atom is -0.494 e. The van der Waals surface area contributed by atoms with Crippen molar-refractivity contribution in [2.45, 2.75) is 13.8 Å². The number of aromatic nitrogens is 1. The number of carbonyl (C=O) groups is 2. The van der Waals surface area contributed by atoms with Gasteiger partial charge in [0, 0.05) is 23.8 Å². The first kappa shape index (κ1) is 19.1. The zero-order valence-corrected chi connectivity index (χ0v) is 15.7. The molecule has 0 aliphatic rings. The molecule has 0 unspecified atom stereocenters. The fourth-order valence-corrected chi connectivity index (χ4v) is 2.53. The summed E-state index contributed by atoms with van der Waals surface area (Å²) in [5, 5.41) is 5.58. The molecular formula is C22H21N3O3. The molecule has 0 saturated heterocycles. The van der Waals surface area contributed by atoms with Crippen molar-refractivity contribution < 1.29 is 14.3 Å². The van der Waals surface area contributed by atoms with Crippen LogP contribution in [0.4, 0.5) is 11.4 Å². The summed E-state index contributed by atoms with van der Waals surface area (Å²) in [6.07, 6.45) is 2.85. The average molecular weight is 375 g/mol. The number of nitrogens with one attached hydrogen (secondary N) is 2. The van der Waals surface area contributed by atoms with Crippen molar-refractivity contribution in [1.82, 2.24) is 4.98 Å². The Hall–Kier alpha value is -3.67. The normalized spacial score (nSPS) is 10.2. The standard InChI is InChI=1S/C22H21N3O3/c1-3-28-20-10-8-19(9-11-20)25-22(27)17-12-16(13-23-14-17)21(26)24-18-6-4-15(2)5-7-18/h4-14H,3H2,1-2H3,(H,24,26)(H,25,27). The van der Waals surface area contributed by atoms with E-state index in [9.17, 15) is 9.59 Å². The van der Waals surface area contributed by atoms with Gasteiger partial charge in [-0.1, -0.05) is 17.7 Å². The maximum atomic E-state index is 12.5. The predicted molar refractivity (Wildman–Crippen MR) is 109 cm³/mol. The Bertz CT molecular complexity index is 967. The second-order valence-corrected chi connectivity index (χ2v) is 6.19. The highest BCUT2D eigenvalue weighted by Crippen LogP contribution is 2.17. The van der Waals surface area contributed by atoms with E-state index in [1.807, 2.05) is 38.1 Å². The molecule has 0 radical (unpaired) electrons. The molecule has 1 aromatic heterocycles. The Kier molecular flexibility index (Phi) is 6.01. The average Bonchev–Trinajstić information content (AvgIpc) is 2.71. The number of aryl methyl sites for hydroxylation is 1. The van der Waals surface area contributed by atoms with Crippen LogP contribution in [0, 0.1) is 6.92 Å². The molecule has 0 spiro atoms. The molecule has 2 amide bonds. The van der Waals surface area contributed by atoms with Gasteiger partial charge in [0.1, 0.15) is 5.75 Å². The summed E-state index contributed by atoms with van der Waals surface area (Å²) < 4.78 is 5.38. The third-order valence-electron chi connectivity index (χ3n) is 4.00. The second kappa shape index (κ2) is 8.81. The first-order chi connectivity index (χ1) is 13.5. The molecule has 3 rings (SSSR count). The van der Waals surface area contributed by atoms with Crippen LogP contribution >= 0.6 is 0 Å². The first-order valence-corrected chi connectivity index (χ1v) is 8.92. The van der Waals surface area contributed by atoms with Crippen LogP contribution in [0.1, 0.15) is 33.2 Å². The fourth-order valence-electron chi connectivity index (χ4n) is 2.53. The van der Waals surface area contributed by atoms with Crippen molar-refractivity contribution in [1.29, 1.82) is 0 Å². The largest absolute Gasteiger partial charge is 0.494 e. The van der Waals surface area contributed by atoms with Crippen LogP contribution in [-0.2, 0) is 0 Å². The lowest BCUT2D eigenvalue weighted by molar-refractivity contribution is 0.102. The third-order valence-corrected chi connectivity index (χ3v) is 4.00.